The molecular formula is C34H47NO7. The lowest BCUT2D eigenvalue weighted by Crippen LogP contribution is -2.64. The van der Waals surface area contributed by atoms with Crippen molar-refractivity contribution in [2.24, 2.45) is 17.3 Å². The van der Waals surface area contributed by atoms with E-state index >= 15 is 0 Å². The fourth-order valence-corrected chi connectivity index (χ4v) is 10.5. The molecule has 6 fully saturated rings. The molecule has 9 atom stereocenters. The Morgan fingerprint density at radius 2 is 1.62 bits per heavy atom. The molecule has 6 aliphatic heterocycles. The Morgan fingerprint density at radius 3 is 2.38 bits per heavy atom. The molecule has 42 heavy (non-hydrogen) atoms. The maximum Gasteiger partial charge on any atom is 0.198 e. The number of benzene rings is 1. The van der Waals surface area contributed by atoms with E-state index in [2.05, 4.69) is 36.1 Å². The average molecular weight is 582 g/mol. The number of hydrogen-bond donors (Lipinski definition) is 2. The standard InChI is InChI=1S/C34H47NO7/c1-22-33(37)10-8-27-25-7-9-32(36)21-34(41-17-15-39-22)29(40-16-18-42-34)19-28(32)30(25)26(20-31(27,33)2)23-3-5-24(6-4-23)35-11-13-38-14-12-35/h3-6,22,25-27,29,36-37H,7-21H2,1-2H3/t22?,25-,26+,27+,29?,31-,32-,33+,34?/m0/s1. The summed E-state index contributed by atoms with van der Waals surface area (Å²) in [4.78, 5) is 2.39. The second-order valence-corrected chi connectivity index (χ2v) is 14.3. The minimum absolute atomic E-state index is 0.106. The summed E-state index contributed by atoms with van der Waals surface area (Å²) in [5, 5.41) is 25.0. The molecule has 8 nitrogen and oxygen atoms in total. The van der Waals surface area contributed by atoms with Crippen LogP contribution in [0.1, 0.15) is 70.3 Å². The number of morpholine rings is 1. The van der Waals surface area contributed by atoms with Crippen LogP contribution >= 0.6 is 0 Å². The molecule has 3 saturated carbocycles. The van der Waals surface area contributed by atoms with Gasteiger partial charge in [-0.15, -0.1) is 0 Å². The van der Waals surface area contributed by atoms with Gasteiger partial charge < -0.3 is 38.8 Å². The number of allylic oxidation sites excluding steroid dienone is 1. The topological polar surface area (TPSA) is 89.9 Å². The Bertz CT molecular complexity index is 1230. The van der Waals surface area contributed by atoms with Gasteiger partial charge in [-0.3, -0.25) is 0 Å². The molecular weight excluding hydrogens is 534 g/mol. The maximum absolute atomic E-state index is 12.5. The Hall–Kier alpha value is -1.52. The summed E-state index contributed by atoms with van der Waals surface area (Å²) >= 11 is 0. The molecule has 0 amide bonds. The molecule has 8 bridgehead atoms. The third-order valence-corrected chi connectivity index (χ3v) is 12.6. The van der Waals surface area contributed by atoms with Crippen LogP contribution in [0.15, 0.2) is 35.4 Å². The molecule has 0 aromatic heterocycles. The van der Waals surface area contributed by atoms with Crippen LogP contribution in [0.3, 0.4) is 0 Å². The van der Waals surface area contributed by atoms with Gasteiger partial charge in [-0.05, 0) is 74.1 Å². The molecule has 4 aliphatic carbocycles. The van der Waals surface area contributed by atoms with E-state index in [1.54, 1.807) is 0 Å². The number of aliphatic hydroxyl groups is 2. The van der Waals surface area contributed by atoms with Crippen LogP contribution in [0, 0.1) is 17.3 Å². The molecule has 8 heteroatoms. The van der Waals surface area contributed by atoms with Crippen molar-refractivity contribution in [3.63, 3.8) is 0 Å². The zero-order valence-corrected chi connectivity index (χ0v) is 25.2. The number of ether oxygens (including phenoxy) is 5. The summed E-state index contributed by atoms with van der Waals surface area (Å²) in [6, 6.07) is 9.11. The molecule has 0 radical (unpaired) electrons. The first-order chi connectivity index (χ1) is 20.3. The van der Waals surface area contributed by atoms with Gasteiger partial charge in [0.1, 0.15) is 6.10 Å². The fraction of sp³-hybridized carbons (Fsp3) is 0.765. The maximum atomic E-state index is 12.5. The first-order valence-corrected chi connectivity index (χ1v) is 16.4. The van der Waals surface area contributed by atoms with Crippen LogP contribution in [0.4, 0.5) is 5.69 Å². The van der Waals surface area contributed by atoms with Crippen LogP contribution in [0.25, 0.3) is 0 Å². The Kier molecular flexibility index (Phi) is 6.66. The van der Waals surface area contributed by atoms with Crippen LogP contribution in [-0.4, -0.2) is 92.1 Å². The van der Waals surface area contributed by atoms with Crippen molar-refractivity contribution in [1.29, 1.82) is 0 Å². The highest BCUT2D eigenvalue weighted by molar-refractivity contribution is 5.51. The SMILES string of the molecule is CC1OCCOC23C[C@@]4(O)CC[C@@H]5C(=C4CC2OCCO3)[C@@H](c2ccc(N3CCOCC3)cc2)C[C@@]2(C)[C@@H]5CC[C@@]12O. The van der Waals surface area contributed by atoms with Gasteiger partial charge in [-0.25, -0.2) is 0 Å². The zero-order valence-electron chi connectivity index (χ0n) is 25.2. The summed E-state index contributed by atoms with van der Waals surface area (Å²) in [5.41, 5.74) is 2.84. The Labute approximate surface area is 249 Å². The predicted octanol–water partition coefficient (Wildman–Crippen LogP) is 3.94. The second kappa shape index (κ2) is 9.99. The fourth-order valence-electron chi connectivity index (χ4n) is 10.5. The third-order valence-electron chi connectivity index (χ3n) is 12.6. The molecule has 11 rings (SSSR count). The number of anilines is 1. The minimum atomic E-state index is -0.990. The highest BCUT2D eigenvalue weighted by Crippen LogP contribution is 2.68. The third kappa shape index (κ3) is 3.98. The van der Waals surface area contributed by atoms with Crippen LogP contribution in [-0.2, 0) is 23.7 Å². The van der Waals surface area contributed by atoms with Crippen molar-refractivity contribution in [2.75, 3.05) is 57.6 Å². The van der Waals surface area contributed by atoms with Crippen LogP contribution in [0.2, 0.25) is 0 Å². The van der Waals surface area contributed by atoms with Gasteiger partial charge in [0.2, 0.25) is 0 Å². The lowest BCUT2D eigenvalue weighted by Gasteiger charge is -2.60. The van der Waals surface area contributed by atoms with E-state index in [1.165, 1.54) is 16.8 Å². The van der Waals surface area contributed by atoms with E-state index in [0.717, 1.165) is 57.6 Å². The lowest BCUT2D eigenvalue weighted by atomic mass is 9.49. The minimum Gasteiger partial charge on any atom is -0.387 e. The Balaban J connectivity index is 1.28. The van der Waals surface area contributed by atoms with E-state index in [-0.39, 0.29) is 23.5 Å². The van der Waals surface area contributed by atoms with Crippen LogP contribution < -0.4 is 4.90 Å². The van der Waals surface area contributed by atoms with Crippen molar-refractivity contribution in [3.8, 4) is 0 Å². The highest BCUT2D eigenvalue weighted by Gasteiger charge is 2.67. The number of hydrogen-bond acceptors (Lipinski definition) is 8. The molecule has 230 valence electrons. The van der Waals surface area contributed by atoms with Crippen molar-refractivity contribution in [1.82, 2.24) is 0 Å². The second-order valence-electron chi connectivity index (χ2n) is 14.3. The summed E-state index contributed by atoms with van der Waals surface area (Å²) in [7, 11) is 0. The average Bonchev–Trinajstić information content (AvgIpc) is 3.28. The van der Waals surface area contributed by atoms with Gasteiger partial charge in [0.25, 0.3) is 0 Å². The monoisotopic (exact) mass is 581 g/mol. The first kappa shape index (κ1) is 28.0. The largest absolute Gasteiger partial charge is 0.387 e. The van der Waals surface area contributed by atoms with E-state index in [0.29, 0.717) is 57.5 Å². The highest BCUT2D eigenvalue weighted by atomic mass is 16.7. The first-order valence-electron chi connectivity index (χ1n) is 16.4. The normalized spacial score (nSPS) is 47.0. The van der Waals surface area contributed by atoms with E-state index in [4.69, 9.17) is 23.7 Å². The van der Waals surface area contributed by atoms with Crippen LogP contribution in [0.5, 0.6) is 0 Å². The smallest absolute Gasteiger partial charge is 0.198 e. The van der Waals surface area contributed by atoms with Gasteiger partial charge in [-0.1, -0.05) is 24.6 Å². The van der Waals surface area contributed by atoms with E-state index in [9.17, 15) is 10.2 Å². The van der Waals surface area contributed by atoms with Crippen molar-refractivity contribution < 1.29 is 33.9 Å². The Morgan fingerprint density at radius 1 is 0.881 bits per heavy atom. The quantitative estimate of drug-likeness (QED) is 0.508. The summed E-state index contributed by atoms with van der Waals surface area (Å²) in [6.45, 7) is 9.41. The zero-order chi connectivity index (χ0) is 28.7. The molecule has 3 saturated heterocycles. The molecule has 6 heterocycles. The van der Waals surface area contributed by atoms with Crippen molar-refractivity contribution >= 4 is 5.69 Å². The lowest BCUT2D eigenvalue weighted by molar-refractivity contribution is -0.350. The molecule has 1 aromatic carbocycles. The number of nitrogens with zero attached hydrogens (tertiary/aromatic N) is 1. The van der Waals surface area contributed by atoms with Crippen molar-refractivity contribution in [3.05, 3.63) is 41.0 Å². The summed E-state index contributed by atoms with van der Waals surface area (Å²) in [6.07, 6.45) is 4.60. The van der Waals surface area contributed by atoms with Gasteiger partial charge in [0, 0.05) is 43.0 Å². The van der Waals surface area contributed by atoms with Gasteiger partial charge in [0.05, 0.1) is 56.9 Å². The molecule has 1 spiro atoms. The molecule has 10 aliphatic rings. The molecule has 3 unspecified atom stereocenters. The summed E-state index contributed by atoms with van der Waals surface area (Å²) < 4.78 is 31.2. The van der Waals surface area contributed by atoms with Gasteiger partial charge >= 0.3 is 0 Å². The van der Waals surface area contributed by atoms with Gasteiger partial charge in [0.15, 0.2) is 5.79 Å². The predicted molar refractivity (Wildman–Crippen MR) is 156 cm³/mol. The molecule has 1 aromatic rings. The van der Waals surface area contributed by atoms with Gasteiger partial charge in [-0.2, -0.15) is 0 Å². The van der Waals surface area contributed by atoms with Crippen molar-refractivity contribution in [2.45, 2.75) is 93.9 Å². The molecule has 2 N–H and O–H groups in total. The number of fused-ring (bicyclic) bond motifs is 1. The van der Waals surface area contributed by atoms with E-state index in [1.807, 2.05) is 6.92 Å². The van der Waals surface area contributed by atoms with E-state index < -0.39 is 17.0 Å². The number of rotatable bonds is 2. The summed E-state index contributed by atoms with van der Waals surface area (Å²) in [5.74, 6) is -0.215.